The molecule has 0 aliphatic carbocycles. The zero-order chi connectivity index (χ0) is 27.2. The summed E-state index contributed by atoms with van der Waals surface area (Å²) < 4.78 is 24.3. The van der Waals surface area contributed by atoms with Gasteiger partial charge in [0.25, 0.3) is 11.5 Å². The molecule has 12 heteroatoms. The van der Waals surface area contributed by atoms with Gasteiger partial charge in [0.15, 0.2) is 5.69 Å². The van der Waals surface area contributed by atoms with Gasteiger partial charge in [0.1, 0.15) is 23.3 Å². The van der Waals surface area contributed by atoms with Crippen LogP contribution in [0.1, 0.15) is 61.2 Å². The summed E-state index contributed by atoms with van der Waals surface area (Å²) in [6, 6.07) is 3.28. The zero-order valence-electron chi connectivity index (χ0n) is 21.2. The third kappa shape index (κ3) is 8.02. The second-order valence-electron chi connectivity index (χ2n) is 9.41. The van der Waals surface area contributed by atoms with Crippen LogP contribution in [0.4, 0.5) is 9.18 Å². The number of likely N-dealkylation sites (N-methyl/N-ethyl adjacent to an activating group) is 1. The number of aryl methyl sites for hydroxylation is 1. The van der Waals surface area contributed by atoms with Crippen LogP contribution < -0.4 is 10.9 Å². The molecule has 0 spiro atoms. The Morgan fingerprint density at radius 1 is 1.28 bits per heavy atom. The highest BCUT2D eigenvalue weighted by atomic mass is 19.1. The van der Waals surface area contributed by atoms with Gasteiger partial charge >= 0.3 is 6.09 Å². The topological polar surface area (TPSA) is 154 Å². The first kappa shape index (κ1) is 28.7. The molecule has 1 aromatic carbocycles. The van der Waals surface area contributed by atoms with E-state index in [1.807, 2.05) is 0 Å². The maximum atomic E-state index is 13.5. The predicted molar refractivity (Wildman–Crippen MR) is 128 cm³/mol. The standard InChI is InChI=1S/C24H33FN4O7/c1-13-9-15(7-8-16(13)25)10-26-21(32)18-19(31)22(33)28-20(27-18)17(12-35-11-14(2)30)29(6)23(34)36-24(3,4)5/h7-9,14,17,30-31H,10-12H2,1-6H3,(H,26,32)(H,27,28,33)/t14-,17?/m1/s1. The van der Waals surface area contributed by atoms with Crippen molar-refractivity contribution < 1.29 is 33.7 Å². The van der Waals surface area contributed by atoms with Crippen LogP contribution in [0.3, 0.4) is 0 Å². The fraction of sp³-hybridized carbons (Fsp3) is 0.500. The number of carbonyl (C=O) groups excluding carboxylic acids is 2. The molecule has 2 rings (SSSR count). The first-order valence-electron chi connectivity index (χ1n) is 11.3. The summed E-state index contributed by atoms with van der Waals surface area (Å²) in [6.45, 7) is 7.87. The van der Waals surface area contributed by atoms with E-state index in [-0.39, 0.29) is 31.4 Å². The van der Waals surface area contributed by atoms with Crippen molar-refractivity contribution in [2.45, 2.75) is 58.9 Å². The maximum Gasteiger partial charge on any atom is 0.410 e. The number of carbonyl (C=O) groups is 2. The van der Waals surface area contributed by atoms with E-state index in [1.165, 1.54) is 26.1 Å². The van der Waals surface area contributed by atoms with Crippen LogP contribution >= 0.6 is 0 Å². The van der Waals surface area contributed by atoms with E-state index in [9.17, 15) is 29.0 Å². The number of halogens is 1. The molecule has 0 saturated carbocycles. The quantitative estimate of drug-likeness (QED) is 0.402. The molecular weight excluding hydrogens is 475 g/mol. The van der Waals surface area contributed by atoms with Crippen LogP contribution in [-0.4, -0.2) is 69.0 Å². The molecule has 0 saturated heterocycles. The van der Waals surface area contributed by atoms with Gasteiger partial charge in [0, 0.05) is 13.6 Å². The van der Waals surface area contributed by atoms with Crippen LogP contribution in [0.5, 0.6) is 5.75 Å². The van der Waals surface area contributed by atoms with Gasteiger partial charge in [-0.05, 0) is 51.8 Å². The molecule has 2 atom stereocenters. The molecule has 198 valence electrons. The number of aliphatic hydroxyl groups excluding tert-OH is 1. The van der Waals surface area contributed by atoms with Crippen molar-refractivity contribution in [1.29, 1.82) is 0 Å². The normalized spacial score (nSPS) is 13.1. The molecule has 0 bridgehead atoms. The highest BCUT2D eigenvalue weighted by molar-refractivity contribution is 5.94. The van der Waals surface area contributed by atoms with Crippen molar-refractivity contribution in [3.05, 3.63) is 57.0 Å². The molecule has 1 aromatic heterocycles. The van der Waals surface area contributed by atoms with E-state index in [4.69, 9.17) is 9.47 Å². The lowest BCUT2D eigenvalue weighted by molar-refractivity contribution is -0.00648. The Labute approximate surface area is 208 Å². The number of H-pyrrole nitrogens is 1. The number of amides is 2. The Morgan fingerprint density at radius 3 is 2.53 bits per heavy atom. The lowest BCUT2D eigenvalue weighted by Gasteiger charge is -2.30. The Balaban J connectivity index is 2.35. The van der Waals surface area contributed by atoms with Gasteiger partial charge in [0.2, 0.25) is 5.75 Å². The average molecular weight is 509 g/mol. The van der Waals surface area contributed by atoms with Crippen LogP contribution in [0.15, 0.2) is 23.0 Å². The first-order valence-corrected chi connectivity index (χ1v) is 11.3. The van der Waals surface area contributed by atoms with Gasteiger partial charge in [-0.2, -0.15) is 0 Å². The third-order valence-corrected chi connectivity index (χ3v) is 4.90. The van der Waals surface area contributed by atoms with E-state index in [2.05, 4.69) is 15.3 Å². The number of rotatable bonds is 9. The smallest absolute Gasteiger partial charge is 0.410 e. The second kappa shape index (κ2) is 12.0. The molecule has 2 aromatic rings. The van der Waals surface area contributed by atoms with Gasteiger partial charge < -0.3 is 30.0 Å². The van der Waals surface area contributed by atoms with Crippen molar-refractivity contribution in [2.24, 2.45) is 0 Å². The van der Waals surface area contributed by atoms with Crippen LogP contribution in [-0.2, 0) is 16.0 Å². The number of hydrogen-bond donors (Lipinski definition) is 4. The largest absolute Gasteiger partial charge is 0.501 e. The number of benzene rings is 1. The van der Waals surface area contributed by atoms with Gasteiger partial charge in [-0.25, -0.2) is 14.2 Å². The molecule has 0 aliphatic rings. The molecule has 0 fully saturated rings. The molecule has 4 N–H and O–H groups in total. The molecule has 1 heterocycles. The molecule has 1 unspecified atom stereocenters. The Morgan fingerprint density at radius 2 is 1.94 bits per heavy atom. The monoisotopic (exact) mass is 508 g/mol. The Kier molecular flexibility index (Phi) is 9.54. The highest BCUT2D eigenvalue weighted by Gasteiger charge is 2.30. The molecule has 11 nitrogen and oxygen atoms in total. The first-order chi connectivity index (χ1) is 16.7. The molecule has 2 amide bonds. The molecule has 0 radical (unpaired) electrons. The predicted octanol–water partition coefficient (Wildman–Crippen LogP) is 2.16. The number of ether oxygens (including phenoxy) is 2. The lowest BCUT2D eigenvalue weighted by Crippen LogP contribution is -2.40. The summed E-state index contributed by atoms with van der Waals surface area (Å²) in [5.74, 6) is -2.29. The van der Waals surface area contributed by atoms with E-state index < -0.39 is 46.7 Å². The van der Waals surface area contributed by atoms with Crippen molar-refractivity contribution in [2.75, 3.05) is 20.3 Å². The van der Waals surface area contributed by atoms with E-state index in [0.717, 1.165) is 4.90 Å². The summed E-state index contributed by atoms with van der Waals surface area (Å²) in [5.41, 5.74) is -1.38. The number of aliphatic hydroxyl groups is 1. The van der Waals surface area contributed by atoms with E-state index in [0.29, 0.717) is 11.1 Å². The summed E-state index contributed by atoms with van der Waals surface area (Å²) in [7, 11) is 1.40. The SMILES string of the molecule is Cc1cc(CNC(=O)c2nc(C(COC[C@@H](C)O)N(C)C(=O)OC(C)(C)C)[nH]c(=O)c2O)ccc1F. The van der Waals surface area contributed by atoms with Crippen molar-refractivity contribution in [3.63, 3.8) is 0 Å². The second-order valence-corrected chi connectivity index (χ2v) is 9.41. The number of nitrogens with one attached hydrogen (secondary N) is 2. The number of aromatic hydroxyl groups is 1. The fourth-order valence-electron chi connectivity index (χ4n) is 3.07. The van der Waals surface area contributed by atoms with Crippen molar-refractivity contribution in [3.8, 4) is 5.75 Å². The third-order valence-electron chi connectivity index (χ3n) is 4.90. The van der Waals surface area contributed by atoms with E-state index in [1.54, 1.807) is 33.8 Å². The number of hydrogen-bond acceptors (Lipinski definition) is 8. The Bertz CT molecular complexity index is 1140. The van der Waals surface area contributed by atoms with Gasteiger partial charge in [-0.15, -0.1) is 0 Å². The minimum atomic E-state index is -1.03. The highest BCUT2D eigenvalue weighted by Crippen LogP contribution is 2.21. The van der Waals surface area contributed by atoms with Gasteiger partial charge in [-0.3, -0.25) is 14.5 Å². The molecule has 0 aliphatic heterocycles. The number of nitrogens with zero attached hydrogens (tertiary/aromatic N) is 2. The zero-order valence-corrected chi connectivity index (χ0v) is 21.2. The molecular formula is C24H33FN4O7. The number of aromatic amines is 1. The van der Waals surface area contributed by atoms with Crippen molar-refractivity contribution in [1.82, 2.24) is 20.2 Å². The van der Waals surface area contributed by atoms with Crippen molar-refractivity contribution >= 4 is 12.0 Å². The van der Waals surface area contributed by atoms with Gasteiger partial charge in [-0.1, -0.05) is 12.1 Å². The van der Waals surface area contributed by atoms with Gasteiger partial charge in [0.05, 0.1) is 19.3 Å². The lowest BCUT2D eigenvalue weighted by atomic mass is 10.1. The van der Waals surface area contributed by atoms with Crippen LogP contribution in [0.25, 0.3) is 0 Å². The summed E-state index contributed by atoms with van der Waals surface area (Å²) in [6.07, 6.45) is -1.54. The fourth-order valence-corrected chi connectivity index (χ4v) is 3.07. The molecule has 36 heavy (non-hydrogen) atoms. The van der Waals surface area contributed by atoms with E-state index >= 15 is 0 Å². The maximum absolute atomic E-state index is 13.5. The summed E-state index contributed by atoms with van der Waals surface area (Å²) >= 11 is 0. The van der Waals surface area contributed by atoms with Crippen LogP contribution in [0, 0.1) is 12.7 Å². The summed E-state index contributed by atoms with van der Waals surface area (Å²) in [5, 5.41) is 22.3. The minimum Gasteiger partial charge on any atom is -0.501 e. The van der Waals surface area contributed by atoms with Crippen LogP contribution in [0.2, 0.25) is 0 Å². The average Bonchev–Trinajstić information content (AvgIpc) is 2.77. The minimum absolute atomic E-state index is 0.0120. The summed E-state index contributed by atoms with van der Waals surface area (Å²) in [4.78, 5) is 45.5. The Hall–Kier alpha value is -3.51. The number of aromatic nitrogens is 2.